The number of para-hydroxylation sites is 1. The van der Waals surface area contributed by atoms with Crippen molar-refractivity contribution in [2.45, 2.75) is 39.7 Å². The zero-order valence-electron chi connectivity index (χ0n) is 11.5. The maximum absolute atomic E-state index is 5.66. The van der Waals surface area contributed by atoms with E-state index >= 15 is 0 Å². The molecule has 0 aliphatic heterocycles. The number of hydrogen-bond acceptors (Lipinski definition) is 2. The molecule has 0 bridgehead atoms. The van der Waals surface area contributed by atoms with Crippen LogP contribution in [0.3, 0.4) is 0 Å². The van der Waals surface area contributed by atoms with E-state index in [1.807, 2.05) is 19.1 Å². The van der Waals surface area contributed by atoms with E-state index in [-0.39, 0.29) is 6.04 Å². The molecule has 0 aliphatic rings. The molecule has 96 valence electrons. The lowest BCUT2D eigenvalue weighted by molar-refractivity contribution is 0.466. The van der Waals surface area contributed by atoms with Gasteiger partial charge in [0.1, 0.15) is 11.5 Å². The minimum atomic E-state index is 0.179. The van der Waals surface area contributed by atoms with Crippen LogP contribution in [0.1, 0.15) is 49.8 Å². The molecule has 1 aromatic carbocycles. The minimum Gasteiger partial charge on any atom is -0.464 e. The molecule has 2 rings (SSSR count). The summed E-state index contributed by atoms with van der Waals surface area (Å²) in [7, 11) is 0. The Balaban J connectivity index is 2.19. The molecule has 0 spiro atoms. The second-order valence-corrected chi connectivity index (χ2v) is 5.06. The lowest BCUT2D eigenvalue weighted by Gasteiger charge is -2.18. The quantitative estimate of drug-likeness (QED) is 0.827. The molecule has 0 radical (unpaired) electrons. The number of anilines is 1. The molecule has 2 nitrogen and oxygen atoms in total. The molecule has 1 unspecified atom stereocenters. The van der Waals surface area contributed by atoms with Gasteiger partial charge in [0.05, 0.1) is 6.04 Å². The summed E-state index contributed by atoms with van der Waals surface area (Å²) in [6.45, 7) is 8.51. The number of aryl methyl sites for hydroxylation is 1. The molecule has 1 heterocycles. The largest absolute Gasteiger partial charge is 0.464 e. The molecule has 0 amide bonds. The molecular formula is C16H21NO. The normalized spacial score (nSPS) is 12.7. The average molecular weight is 243 g/mol. The van der Waals surface area contributed by atoms with E-state index in [0.29, 0.717) is 5.92 Å². The van der Waals surface area contributed by atoms with Gasteiger partial charge in [-0.2, -0.15) is 0 Å². The van der Waals surface area contributed by atoms with Crippen molar-refractivity contribution in [3.63, 3.8) is 0 Å². The Hall–Kier alpha value is -1.70. The second-order valence-electron chi connectivity index (χ2n) is 5.06. The van der Waals surface area contributed by atoms with Crippen molar-refractivity contribution in [1.82, 2.24) is 0 Å². The number of hydrogen-bond donors (Lipinski definition) is 1. The second kappa shape index (κ2) is 5.30. The molecular weight excluding hydrogens is 222 g/mol. The Labute approximate surface area is 109 Å². The van der Waals surface area contributed by atoms with Crippen molar-refractivity contribution < 1.29 is 4.42 Å². The van der Waals surface area contributed by atoms with Gasteiger partial charge >= 0.3 is 0 Å². The van der Waals surface area contributed by atoms with Crippen molar-refractivity contribution in [1.29, 1.82) is 0 Å². The summed E-state index contributed by atoms with van der Waals surface area (Å²) in [5, 5.41) is 3.53. The number of furan rings is 1. The molecule has 18 heavy (non-hydrogen) atoms. The van der Waals surface area contributed by atoms with Gasteiger partial charge in [-0.15, -0.1) is 0 Å². The maximum Gasteiger partial charge on any atom is 0.126 e. The van der Waals surface area contributed by atoms with Crippen LogP contribution < -0.4 is 5.32 Å². The summed E-state index contributed by atoms with van der Waals surface area (Å²) >= 11 is 0. The predicted octanol–water partition coefficient (Wildman–Crippen LogP) is 4.88. The van der Waals surface area contributed by atoms with E-state index in [1.54, 1.807) is 0 Å². The van der Waals surface area contributed by atoms with Crippen LogP contribution in [0.5, 0.6) is 0 Å². The lowest BCUT2D eigenvalue weighted by atomic mass is 10.0. The molecule has 0 aliphatic carbocycles. The van der Waals surface area contributed by atoms with Crippen LogP contribution in [0.15, 0.2) is 40.8 Å². The van der Waals surface area contributed by atoms with Gasteiger partial charge in [0.25, 0.3) is 0 Å². The van der Waals surface area contributed by atoms with Crippen LogP contribution in [-0.4, -0.2) is 0 Å². The Morgan fingerprint density at radius 2 is 1.72 bits per heavy atom. The van der Waals surface area contributed by atoms with Crippen LogP contribution in [-0.2, 0) is 0 Å². The van der Waals surface area contributed by atoms with E-state index < -0.39 is 0 Å². The van der Waals surface area contributed by atoms with Gasteiger partial charge in [0.2, 0.25) is 0 Å². The first-order valence-corrected chi connectivity index (χ1v) is 6.49. The zero-order chi connectivity index (χ0) is 13.1. The number of benzene rings is 1. The number of nitrogens with one attached hydrogen (secondary N) is 1. The van der Waals surface area contributed by atoms with E-state index in [9.17, 15) is 0 Å². The van der Waals surface area contributed by atoms with Crippen LogP contribution >= 0.6 is 0 Å². The summed E-state index contributed by atoms with van der Waals surface area (Å²) in [5.41, 5.74) is 2.53. The van der Waals surface area contributed by atoms with Crippen molar-refractivity contribution >= 4 is 5.69 Å². The Morgan fingerprint density at radius 3 is 2.33 bits per heavy atom. The summed E-state index contributed by atoms with van der Waals surface area (Å²) in [6, 6.07) is 12.7. The van der Waals surface area contributed by atoms with E-state index in [0.717, 1.165) is 11.5 Å². The first-order chi connectivity index (χ1) is 8.58. The topological polar surface area (TPSA) is 25.2 Å². The number of rotatable bonds is 4. The molecule has 1 atom stereocenters. The third kappa shape index (κ3) is 2.76. The van der Waals surface area contributed by atoms with Gasteiger partial charge in [-0.1, -0.05) is 32.0 Å². The van der Waals surface area contributed by atoms with E-state index in [2.05, 4.69) is 50.4 Å². The fourth-order valence-electron chi connectivity index (χ4n) is 2.12. The van der Waals surface area contributed by atoms with Gasteiger partial charge in [-0.25, -0.2) is 0 Å². The summed E-state index contributed by atoms with van der Waals surface area (Å²) in [5.74, 6) is 2.45. The third-order valence-electron chi connectivity index (χ3n) is 3.14. The molecule has 1 N–H and O–H groups in total. The Morgan fingerprint density at radius 1 is 1.00 bits per heavy atom. The van der Waals surface area contributed by atoms with Crippen LogP contribution in [0, 0.1) is 6.92 Å². The fourth-order valence-corrected chi connectivity index (χ4v) is 2.12. The molecule has 0 saturated carbocycles. The van der Waals surface area contributed by atoms with E-state index in [1.165, 1.54) is 11.3 Å². The van der Waals surface area contributed by atoms with Gasteiger partial charge in [-0.05, 0) is 43.5 Å². The molecule has 2 aromatic rings. The van der Waals surface area contributed by atoms with Gasteiger partial charge in [-0.3, -0.25) is 0 Å². The van der Waals surface area contributed by atoms with Gasteiger partial charge in [0, 0.05) is 5.69 Å². The van der Waals surface area contributed by atoms with Crippen LogP contribution in [0.25, 0.3) is 0 Å². The summed E-state index contributed by atoms with van der Waals surface area (Å²) in [4.78, 5) is 0. The predicted molar refractivity (Wildman–Crippen MR) is 76.0 cm³/mol. The van der Waals surface area contributed by atoms with Crippen LogP contribution in [0.4, 0.5) is 5.69 Å². The first kappa shape index (κ1) is 12.7. The van der Waals surface area contributed by atoms with Crippen molar-refractivity contribution in [3.8, 4) is 0 Å². The third-order valence-corrected chi connectivity index (χ3v) is 3.14. The van der Waals surface area contributed by atoms with Crippen LogP contribution in [0.2, 0.25) is 0 Å². The van der Waals surface area contributed by atoms with Crippen molar-refractivity contribution in [3.05, 3.63) is 53.5 Å². The van der Waals surface area contributed by atoms with Gasteiger partial charge < -0.3 is 9.73 Å². The first-order valence-electron chi connectivity index (χ1n) is 6.49. The highest BCUT2D eigenvalue weighted by Crippen LogP contribution is 2.27. The maximum atomic E-state index is 5.66. The minimum absolute atomic E-state index is 0.179. The fraction of sp³-hybridized carbons (Fsp3) is 0.375. The molecule has 1 aromatic heterocycles. The van der Waals surface area contributed by atoms with Crippen molar-refractivity contribution in [2.24, 2.45) is 0 Å². The smallest absolute Gasteiger partial charge is 0.126 e. The SMILES string of the molecule is Cc1ccc(C(C)Nc2ccccc2C(C)C)o1. The highest BCUT2D eigenvalue weighted by molar-refractivity contribution is 5.53. The molecule has 2 heteroatoms. The standard InChI is InChI=1S/C16H21NO/c1-11(2)14-7-5-6-8-15(14)17-13(4)16-10-9-12(3)18-16/h5-11,13,17H,1-4H3. The van der Waals surface area contributed by atoms with Gasteiger partial charge in [0.15, 0.2) is 0 Å². The zero-order valence-corrected chi connectivity index (χ0v) is 11.5. The summed E-state index contributed by atoms with van der Waals surface area (Å²) < 4.78 is 5.66. The molecule has 0 saturated heterocycles. The molecule has 0 fully saturated rings. The summed E-state index contributed by atoms with van der Waals surface area (Å²) in [6.07, 6.45) is 0. The van der Waals surface area contributed by atoms with Crippen molar-refractivity contribution in [2.75, 3.05) is 5.32 Å². The lowest BCUT2D eigenvalue weighted by Crippen LogP contribution is -2.08. The highest BCUT2D eigenvalue weighted by atomic mass is 16.3. The monoisotopic (exact) mass is 243 g/mol. The van der Waals surface area contributed by atoms with E-state index in [4.69, 9.17) is 4.42 Å². The average Bonchev–Trinajstić information content (AvgIpc) is 2.76. The Bertz CT molecular complexity index is 513. The Kier molecular flexibility index (Phi) is 3.75. The highest BCUT2D eigenvalue weighted by Gasteiger charge is 2.12.